The van der Waals surface area contributed by atoms with E-state index in [0.29, 0.717) is 56.1 Å². The molecule has 65 heavy (non-hydrogen) atoms. The number of nitrogens with zero attached hydrogens (tertiary/aromatic N) is 3. The van der Waals surface area contributed by atoms with Crippen molar-refractivity contribution in [2.45, 2.75) is 109 Å². The van der Waals surface area contributed by atoms with Crippen LogP contribution >= 0.6 is 23.4 Å². The third-order valence-electron chi connectivity index (χ3n) is 14.0. The van der Waals surface area contributed by atoms with E-state index < -0.39 is 52.8 Å². The summed E-state index contributed by atoms with van der Waals surface area (Å²) in [6.07, 6.45) is 8.01. The van der Waals surface area contributed by atoms with E-state index in [-0.39, 0.29) is 22.0 Å². The predicted molar refractivity (Wildman–Crippen MR) is 250 cm³/mol. The quantitative estimate of drug-likeness (QED) is 0.0726. The highest BCUT2D eigenvalue weighted by atomic mass is 35.5. The number of likely N-dealkylation sites (tertiary alicyclic amines) is 1. The number of hydrogen-bond donors (Lipinski definition) is 3. The minimum absolute atomic E-state index is 0.00562. The van der Waals surface area contributed by atoms with Crippen molar-refractivity contribution in [1.29, 1.82) is 0 Å². The van der Waals surface area contributed by atoms with Gasteiger partial charge in [-0.2, -0.15) is 13.2 Å². The molecule has 3 N–H and O–H groups in total. The molecule has 3 saturated carbocycles. The van der Waals surface area contributed by atoms with Crippen molar-refractivity contribution in [1.82, 2.24) is 14.5 Å². The molecule has 354 valence electrons. The van der Waals surface area contributed by atoms with Crippen molar-refractivity contribution in [3.63, 3.8) is 0 Å². The maximum Gasteiger partial charge on any atom is 0.501 e. The van der Waals surface area contributed by atoms with E-state index in [1.54, 1.807) is 23.3 Å². The molecule has 1 unspecified atom stereocenters. The Labute approximate surface area is 390 Å². The standard InChI is InChI=1S/C47H59ClF3N5O6S3/c1-44(2)18-14-40(45-30-46(48,31-45)32-45)34(27-44)28-55-22-24-56(25-23-55)36-10-8-33(9-11-36)43(58)53-65(61,62)39-12-13-41(42(26-39)64(59,60)47(49,50)51)52-35(29-63-38-6-4-3-5-7-38)15-19-54-20-16-37(57)17-21-54/h3-13,26,35,37,52,57H,14-25,27-32H2,1-2H3,(H,53,58). The second kappa shape index (κ2) is 18.6. The number of allylic oxidation sites excluding steroid dienone is 1. The molecule has 3 aromatic rings. The summed E-state index contributed by atoms with van der Waals surface area (Å²) in [5, 5.41) is 12.9. The van der Waals surface area contributed by atoms with Crippen LogP contribution in [0.2, 0.25) is 0 Å². The molecule has 2 bridgehead atoms. The molecule has 6 aliphatic rings. The third kappa shape index (κ3) is 10.9. The summed E-state index contributed by atoms with van der Waals surface area (Å²) >= 11 is 8.12. The number of carbonyl (C=O) groups is 1. The summed E-state index contributed by atoms with van der Waals surface area (Å²) in [6, 6.07) is 17.7. The monoisotopic (exact) mass is 977 g/mol. The predicted octanol–water partition coefficient (Wildman–Crippen LogP) is 8.31. The number of sulfonamides is 1. The van der Waals surface area contributed by atoms with Crippen molar-refractivity contribution in [3.05, 3.63) is 89.5 Å². The van der Waals surface area contributed by atoms with Crippen LogP contribution in [0.5, 0.6) is 0 Å². The lowest BCUT2D eigenvalue weighted by Crippen LogP contribution is -2.65. The Balaban J connectivity index is 0.924. The summed E-state index contributed by atoms with van der Waals surface area (Å²) < 4.78 is 97.8. The molecule has 1 amide bonds. The number of anilines is 2. The molecule has 5 fully saturated rings. The molecule has 2 saturated heterocycles. The van der Waals surface area contributed by atoms with E-state index in [1.165, 1.54) is 30.3 Å². The number of alkyl halides is 4. The van der Waals surface area contributed by atoms with Crippen LogP contribution in [0.15, 0.2) is 98.6 Å². The van der Waals surface area contributed by atoms with Gasteiger partial charge >= 0.3 is 5.51 Å². The normalized spacial score (nSPS) is 24.8. The number of aliphatic hydroxyl groups excluding tert-OH is 1. The lowest BCUT2D eigenvalue weighted by molar-refractivity contribution is -0.0511. The Hall–Kier alpha value is -3.32. The van der Waals surface area contributed by atoms with Crippen LogP contribution in [-0.2, 0) is 19.9 Å². The fraction of sp³-hybridized carbons (Fsp3) is 0.553. The Morgan fingerprint density at radius 3 is 2.20 bits per heavy atom. The van der Waals surface area contributed by atoms with Crippen molar-refractivity contribution in [3.8, 4) is 0 Å². The number of carbonyl (C=O) groups excluding carboxylic acids is 1. The maximum absolute atomic E-state index is 14.2. The zero-order valence-electron chi connectivity index (χ0n) is 36.9. The number of benzene rings is 3. The number of piperidine rings is 1. The van der Waals surface area contributed by atoms with Gasteiger partial charge in [-0.15, -0.1) is 23.4 Å². The van der Waals surface area contributed by atoms with Crippen molar-refractivity contribution >= 4 is 60.5 Å². The summed E-state index contributed by atoms with van der Waals surface area (Å²) in [6.45, 7) is 10.8. The fourth-order valence-corrected chi connectivity index (χ4v) is 14.2. The lowest BCUT2D eigenvalue weighted by atomic mass is 9.39. The number of rotatable bonds is 16. The minimum atomic E-state index is -6.06. The van der Waals surface area contributed by atoms with E-state index in [4.69, 9.17) is 11.6 Å². The number of amides is 1. The van der Waals surface area contributed by atoms with Gasteiger partial charge in [0.1, 0.15) is 4.90 Å². The van der Waals surface area contributed by atoms with Gasteiger partial charge in [0.25, 0.3) is 25.8 Å². The van der Waals surface area contributed by atoms with Crippen molar-refractivity contribution in [2.75, 3.05) is 68.3 Å². The first-order valence-electron chi connectivity index (χ1n) is 22.5. The summed E-state index contributed by atoms with van der Waals surface area (Å²) in [5.41, 5.74) is -1.42. The van der Waals surface area contributed by atoms with E-state index in [9.17, 15) is 39.9 Å². The van der Waals surface area contributed by atoms with Gasteiger partial charge in [-0.1, -0.05) is 43.2 Å². The lowest BCUT2D eigenvalue weighted by Gasteiger charge is -2.70. The van der Waals surface area contributed by atoms with Crippen molar-refractivity contribution < 1.29 is 39.9 Å². The molecule has 2 heterocycles. The van der Waals surface area contributed by atoms with Crippen molar-refractivity contribution in [2.24, 2.45) is 10.8 Å². The van der Waals surface area contributed by atoms with Crippen LogP contribution in [0.4, 0.5) is 24.5 Å². The van der Waals surface area contributed by atoms with E-state index in [1.807, 2.05) is 35.1 Å². The third-order valence-corrected chi connectivity index (χ3v) is 18.5. The van der Waals surface area contributed by atoms with Gasteiger partial charge in [0.2, 0.25) is 0 Å². The number of hydrogen-bond acceptors (Lipinski definition) is 11. The topological polar surface area (TPSA) is 139 Å². The molecule has 0 aromatic heterocycles. The number of sulfone groups is 1. The zero-order valence-corrected chi connectivity index (χ0v) is 40.1. The zero-order chi connectivity index (χ0) is 46.4. The molecule has 3 aromatic carbocycles. The van der Waals surface area contributed by atoms with Gasteiger partial charge in [-0.3, -0.25) is 9.69 Å². The highest BCUT2D eigenvalue weighted by Gasteiger charge is 2.68. The number of aliphatic hydroxyl groups is 1. The first-order chi connectivity index (χ1) is 30.6. The fourth-order valence-electron chi connectivity index (χ4n) is 10.4. The van der Waals surface area contributed by atoms with Gasteiger partial charge in [-0.05, 0) is 123 Å². The van der Waals surface area contributed by atoms with Gasteiger partial charge < -0.3 is 20.2 Å². The van der Waals surface area contributed by atoms with Crippen LogP contribution in [0.25, 0.3) is 0 Å². The highest BCUT2D eigenvalue weighted by Crippen LogP contribution is 2.75. The van der Waals surface area contributed by atoms with Crippen LogP contribution in [-0.4, -0.2) is 118 Å². The molecule has 1 atom stereocenters. The SMILES string of the molecule is CC1(C)CCC(C23CC(Cl)(C2)C3)=C(CN2CCN(c3ccc(C(=O)NS(=O)(=O)c4ccc(NC(CCN5CCC(O)CC5)CSc5ccccc5)c(S(=O)(=O)C(F)(F)F)c4)cc3)CC2)C1. The molecule has 18 heteroatoms. The average molecular weight is 979 g/mol. The maximum atomic E-state index is 14.2. The Bertz CT molecular complexity index is 2460. The van der Waals surface area contributed by atoms with Crippen LogP contribution in [0.1, 0.15) is 82.0 Å². The number of halogens is 4. The van der Waals surface area contributed by atoms with Gasteiger partial charge in [0, 0.05) is 85.2 Å². The molecule has 4 aliphatic carbocycles. The number of thioether (sulfide) groups is 1. The minimum Gasteiger partial charge on any atom is -0.393 e. The summed E-state index contributed by atoms with van der Waals surface area (Å²) in [7, 11) is -10.9. The Morgan fingerprint density at radius 2 is 1.57 bits per heavy atom. The summed E-state index contributed by atoms with van der Waals surface area (Å²) in [5.74, 6) is -0.665. The van der Waals surface area contributed by atoms with E-state index in [0.717, 1.165) is 87.5 Å². The Kier molecular flexibility index (Phi) is 13.8. The average Bonchev–Trinajstić information content (AvgIpc) is 3.24. The molecule has 9 rings (SSSR count). The van der Waals surface area contributed by atoms with Crippen LogP contribution in [0, 0.1) is 10.8 Å². The number of piperazine rings is 1. The van der Waals surface area contributed by atoms with Crippen LogP contribution < -0.4 is 14.9 Å². The highest BCUT2D eigenvalue weighted by molar-refractivity contribution is 7.99. The molecule has 0 radical (unpaired) electrons. The number of nitrogens with one attached hydrogen (secondary N) is 2. The second-order valence-corrected chi connectivity index (χ2v) is 25.1. The molecule has 2 aliphatic heterocycles. The smallest absolute Gasteiger partial charge is 0.393 e. The summed E-state index contributed by atoms with van der Waals surface area (Å²) in [4.78, 5) is 19.1. The molecule has 0 spiro atoms. The second-order valence-electron chi connectivity index (χ2n) is 19.6. The van der Waals surface area contributed by atoms with Gasteiger partial charge in [-0.25, -0.2) is 21.6 Å². The Morgan fingerprint density at radius 1 is 0.908 bits per heavy atom. The van der Waals surface area contributed by atoms with E-state index in [2.05, 4.69) is 33.9 Å². The molecule has 11 nitrogen and oxygen atoms in total. The van der Waals surface area contributed by atoms with E-state index >= 15 is 0 Å². The largest absolute Gasteiger partial charge is 0.501 e. The first kappa shape index (κ1) is 48.1. The van der Waals surface area contributed by atoms with Crippen LogP contribution in [0.3, 0.4) is 0 Å². The van der Waals surface area contributed by atoms with Gasteiger partial charge in [0.15, 0.2) is 0 Å². The molecular formula is C47H59ClF3N5O6S3. The van der Waals surface area contributed by atoms with Gasteiger partial charge in [0.05, 0.1) is 16.7 Å². The first-order valence-corrected chi connectivity index (χ1v) is 26.8. The molecular weight excluding hydrogens is 919 g/mol.